The average molecular weight is 234 g/mol. The van der Waals surface area contributed by atoms with E-state index >= 15 is 0 Å². The molecular weight excluding hydrogens is 218 g/mol. The molecule has 1 heterocycles. The van der Waals surface area contributed by atoms with Crippen LogP contribution < -0.4 is 15.3 Å². The van der Waals surface area contributed by atoms with Crippen molar-refractivity contribution < 1.29 is 14.1 Å². The smallest absolute Gasteiger partial charge is 0.336 e. The number of nitrogens with one attached hydrogen (secondary N) is 1. The van der Waals surface area contributed by atoms with E-state index in [0.29, 0.717) is 11.3 Å². The third-order valence-corrected chi connectivity index (χ3v) is 2.58. The lowest BCUT2D eigenvalue weighted by Crippen LogP contribution is -3.04. The van der Waals surface area contributed by atoms with E-state index in [1.165, 1.54) is 4.90 Å². The molecule has 2 aromatic rings. The highest BCUT2D eigenvalue weighted by Gasteiger charge is 2.09. The van der Waals surface area contributed by atoms with Gasteiger partial charge < -0.3 is 14.1 Å². The third-order valence-electron chi connectivity index (χ3n) is 2.58. The molecule has 1 aromatic carbocycles. The van der Waals surface area contributed by atoms with E-state index in [9.17, 15) is 4.79 Å². The summed E-state index contributed by atoms with van der Waals surface area (Å²) in [6.07, 6.45) is 0. The van der Waals surface area contributed by atoms with E-state index in [0.717, 1.165) is 17.5 Å². The van der Waals surface area contributed by atoms with Gasteiger partial charge in [0.15, 0.2) is 0 Å². The lowest BCUT2D eigenvalue weighted by atomic mass is 10.1. The molecule has 0 saturated heterocycles. The molecule has 4 heteroatoms. The quantitative estimate of drug-likeness (QED) is 0.784. The van der Waals surface area contributed by atoms with Gasteiger partial charge in [-0.2, -0.15) is 0 Å². The van der Waals surface area contributed by atoms with Crippen molar-refractivity contribution in [3.8, 4) is 5.75 Å². The minimum Gasteiger partial charge on any atom is -0.497 e. The van der Waals surface area contributed by atoms with Gasteiger partial charge >= 0.3 is 5.63 Å². The van der Waals surface area contributed by atoms with Crippen LogP contribution in [-0.4, -0.2) is 21.2 Å². The van der Waals surface area contributed by atoms with Crippen molar-refractivity contribution in [1.82, 2.24) is 0 Å². The van der Waals surface area contributed by atoms with Crippen LogP contribution in [0.2, 0.25) is 0 Å². The molecule has 17 heavy (non-hydrogen) atoms. The Bertz CT molecular complexity index is 587. The van der Waals surface area contributed by atoms with Crippen molar-refractivity contribution in [3.63, 3.8) is 0 Å². The largest absolute Gasteiger partial charge is 0.497 e. The predicted octanol–water partition coefficient (Wildman–Crippen LogP) is 0.446. The van der Waals surface area contributed by atoms with Gasteiger partial charge in [-0.15, -0.1) is 0 Å². The molecule has 0 spiro atoms. The minimum absolute atomic E-state index is 0.318. The molecule has 90 valence electrons. The van der Waals surface area contributed by atoms with Crippen molar-refractivity contribution in [3.05, 3.63) is 40.2 Å². The van der Waals surface area contributed by atoms with Crippen LogP contribution in [0.15, 0.2) is 33.5 Å². The van der Waals surface area contributed by atoms with Gasteiger partial charge in [0, 0.05) is 23.1 Å². The number of hydrogen-bond acceptors (Lipinski definition) is 3. The molecule has 0 unspecified atom stereocenters. The molecule has 1 N–H and O–H groups in total. The molecule has 0 atom stereocenters. The monoisotopic (exact) mass is 234 g/mol. The van der Waals surface area contributed by atoms with Crippen molar-refractivity contribution in [2.75, 3.05) is 21.2 Å². The molecule has 2 rings (SSSR count). The highest BCUT2D eigenvalue weighted by atomic mass is 16.5. The SMILES string of the molecule is COc1ccc2c(C[NH+](C)C)cc(=O)oc2c1. The summed E-state index contributed by atoms with van der Waals surface area (Å²) < 4.78 is 10.3. The van der Waals surface area contributed by atoms with Gasteiger partial charge in [-0.1, -0.05) is 0 Å². The molecule has 0 amide bonds. The summed E-state index contributed by atoms with van der Waals surface area (Å²) in [6, 6.07) is 7.10. The minimum atomic E-state index is -0.318. The fourth-order valence-electron chi connectivity index (χ4n) is 1.86. The third kappa shape index (κ3) is 2.47. The van der Waals surface area contributed by atoms with Gasteiger partial charge in [0.2, 0.25) is 0 Å². The van der Waals surface area contributed by atoms with Crippen LogP contribution in [0.3, 0.4) is 0 Å². The van der Waals surface area contributed by atoms with Gasteiger partial charge in [-0.05, 0) is 12.1 Å². The first-order valence-electron chi connectivity index (χ1n) is 5.50. The molecule has 4 nitrogen and oxygen atoms in total. The Morgan fingerprint density at radius 1 is 1.29 bits per heavy atom. The fourth-order valence-corrected chi connectivity index (χ4v) is 1.86. The lowest BCUT2D eigenvalue weighted by Gasteiger charge is -2.09. The summed E-state index contributed by atoms with van der Waals surface area (Å²) in [7, 11) is 5.68. The first-order chi connectivity index (χ1) is 8.10. The van der Waals surface area contributed by atoms with Crippen LogP contribution >= 0.6 is 0 Å². The summed E-state index contributed by atoms with van der Waals surface area (Å²) in [5.74, 6) is 0.690. The summed E-state index contributed by atoms with van der Waals surface area (Å²) in [6.45, 7) is 0.786. The van der Waals surface area contributed by atoms with Crippen LogP contribution in [0.5, 0.6) is 5.75 Å². The predicted molar refractivity (Wildman–Crippen MR) is 65.6 cm³/mol. The van der Waals surface area contributed by atoms with Gasteiger partial charge in [-0.25, -0.2) is 4.79 Å². The summed E-state index contributed by atoms with van der Waals surface area (Å²) in [4.78, 5) is 12.7. The van der Waals surface area contributed by atoms with E-state index in [-0.39, 0.29) is 5.63 Å². The average Bonchev–Trinajstić information content (AvgIpc) is 2.27. The van der Waals surface area contributed by atoms with E-state index in [4.69, 9.17) is 9.15 Å². The second-order valence-electron chi connectivity index (χ2n) is 4.34. The van der Waals surface area contributed by atoms with Crippen LogP contribution in [0.25, 0.3) is 11.0 Å². The van der Waals surface area contributed by atoms with E-state index < -0.39 is 0 Å². The van der Waals surface area contributed by atoms with Crippen LogP contribution in [0, 0.1) is 0 Å². The van der Waals surface area contributed by atoms with Gasteiger partial charge in [0.05, 0.1) is 21.2 Å². The highest BCUT2D eigenvalue weighted by molar-refractivity contribution is 5.81. The molecule has 0 aliphatic rings. The molecule has 0 aliphatic heterocycles. The maximum atomic E-state index is 11.5. The number of ether oxygens (including phenoxy) is 1. The van der Waals surface area contributed by atoms with Gasteiger partial charge in [0.1, 0.15) is 17.9 Å². The lowest BCUT2D eigenvalue weighted by molar-refractivity contribution is -0.872. The Morgan fingerprint density at radius 3 is 2.71 bits per heavy atom. The standard InChI is InChI=1S/C13H15NO3/c1-14(2)8-9-6-13(15)17-12-7-10(16-3)4-5-11(9)12/h4-7H,8H2,1-3H3/p+1. The number of fused-ring (bicyclic) bond motifs is 1. The number of benzene rings is 1. The van der Waals surface area contributed by atoms with E-state index in [1.807, 2.05) is 26.2 Å². The summed E-state index contributed by atoms with van der Waals surface area (Å²) in [5, 5.41) is 0.964. The Hall–Kier alpha value is -1.81. The Morgan fingerprint density at radius 2 is 2.06 bits per heavy atom. The molecule has 1 aromatic heterocycles. The second-order valence-corrected chi connectivity index (χ2v) is 4.34. The zero-order valence-electron chi connectivity index (χ0n) is 10.2. The fraction of sp³-hybridized carbons (Fsp3) is 0.308. The number of rotatable bonds is 3. The molecule has 0 aliphatic carbocycles. The molecular formula is C13H16NO3+. The molecule has 0 bridgehead atoms. The molecule has 0 radical (unpaired) electrons. The van der Waals surface area contributed by atoms with E-state index in [1.54, 1.807) is 19.2 Å². The Kier molecular flexibility index (Phi) is 3.15. The van der Waals surface area contributed by atoms with Crippen molar-refractivity contribution in [2.24, 2.45) is 0 Å². The maximum absolute atomic E-state index is 11.5. The number of methoxy groups -OCH3 is 1. The first kappa shape index (κ1) is 11.7. The number of quaternary nitrogens is 1. The van der Waals surface area contributed by atoms with E-state index in [2.05, 4.69) is 0 Å². The molecule has 0 saturated carbocycles. The van der Waals surface area contributed by atoms with Crippen LogP contribution in [0.4, 0.5) is 0 Å². The summed E-state index contributed by atoms with van der Waals surface area (Å²) in [5.41, 5.74) is 1.26. The van der Waals surface area contributed by atoms with Crippen molar-refractivity contribution in [2.45, 2.75) is 6.54 Å². The second kappa shape index (κ2) is 4.59. The zero-order valence-corrected chi connectivity index (χ0v) is 10.2. The van der Waals surface area contributed by atoms with Gasteiger partial charge in [-0.3, -0.25) is 0 Å². The molecule has 0 fully saturated rings. The Balaban J connectivity index is 2.63. The topological polar surface area (TPSA) is 43.9 Å². The number of hydrogen-bond donors (Lipinski definition) is 1. The first-order valence-corrected chi connectivity index (χ1v) is 5.50. The maximum Gasteiger partial charge on any atom is 0.336 e. The van der Waals surface area contributed by atoms with Gasteiger partial charge in [0.25, 0.3) is 0 Å². The van der Waals surface area contributed by atoms with Crippen molar-refractivity contribution in [1.29, 1.82) is 0 Å². The van der Waals surface area contributed by atoms with Crippen LogP contribution in [-0.2, 0) is 6.54 Å². The normalized spacial score (nSPS) is 11.1. The highest BCUT2D eigenvalue weighted by Crippen LogP contribution is 2.21. The zero-order chi connectivity index (χ0) is 12.4. The van der Waals surface area contributed by atoms with Crippen LogP contribution in [0.1, 0.15) is 5.56 Å². The Labute approximate surface area is 99.4 Å². The summed E-state index contributed by atoms with van der Waals surface area (Å²) >= 11 is 0. The van der Waals surface area contributed by atoms with Crippen molar-refractivity contribution >= 4 is 11.0 Å².